The predicted octanol–water partition coefficient (Wildman–Crippen LogP) is 2.26. The van der Waals surface area contributed by atoms with Gasteiger partial charge in [0.1, 0.15) is 5.82 Å². The first kappa shape index (κ1) is 11.2. The molecule has 0 aliphatic carbocycles. The van der Waals surface area contributed by atoms with Crippen molar-refractivity contribution < 1.29 is 9.50 Å². The Labute approximate surface area is 90.1 Å². The largest absolute Gasteiger partial charge is 0.395 e. The van der Waals surface area contributed by atoms with Gasteiger partial charge in [-0.05, 0) is 30.2 Å². The van der Waals surface area contributed by atoms with Crippen molar-refractivity contribution in [3.05, 3.63) is 34.1 Å². The highest BCUT2D eigenvalue weighted by molar-refractivity contribution is 9.10. The molecule has 0 spiro atoms. The zero-order valence-corrected chi connectivity index (χ0v) is 8.96. The summed E-state index contributed by atoms with van der Waals surface area (Å²) in [6.07, 6.45) is 0.234. The Kier molecular flexibility index (Phi) is 4.05. The molecule has 0 saturated carbocycles. The van der Waals surface area contributed by atoms with Crippen molar-refractivity contribution in [2.45, 2.75) is 6.42 Å². The fraction of sp³-hybridized carbons (Fsp3) is 0.300. The summed E-state index contributed by atoms with van der Waals surface area (Å²) in [5.74, 6) is -0.888. The number of rotatable bonds is 3. The summed E-state index contributed by atoms with van der Waals surface area (Å²) in [4.78, 5) is 0. The SMILES string of the molecule is N#C[C@@H](CO)Cc1cc(Br)ccc1F. The van der Waals surface area contributed by atoms with Gasteiger partial charge in [0.25, 0.3) is 0 Å². The number of hydrogen-bond donors (Lipinski definition) is 1. The summed E-state index contributed by atoms with van der Waals surface area (Å²) in [7, 11) is 0. The van der Waals surface area contributed by atoms with Crippen molar-refractivity contribution >= 4 is 15.9 Å². The molecule has 0 fully saturated rings. The summed E-state index contributed by atoms with van der Waals surface area (Å²) in [5, 5.41) is 17.4. The van der Waals surface area contributed by atoms with Crippen LogP contribution in [0, 0.1) is 23.1 Å². The Morgan fingerprint density at radius 3 is 2.86 bits per heavy atom. The highest BCUT2D eigenvalue weighted by Crippen LogP contribution is 2.18. The Balaban J connectivity index is 2.86. The van der Waals surface area contributed by atoms with Gasteiger partial charge in [-0.1, -0.05) is 15.9 Å². The molecule has 1 N–H and O–H groups in total. The average Bonchev–Trinajstić information content (AvgIpc) is 2.19. The van der Waals surface area contributed by atoms with E-state index < -0.39 is 5.92 Å². The van der Waals surface area contributed by atoms with Crippen molar-refractivity contribution in [3.8, 4) is 6.07 Å². The van der Waals surface area contributed by atoms with Crippen LogP contribution in [-0.4, -0.2) is 11.7 Å². The summed E-state index contributed by atoms with van der Waals surface area (Å²) < 4.78 is 14.0. The normalized spacial score (nSPS) is 12.1. The third-order valence-corrected chi connectivity index (χ3v) is 2.37. The summed E-state index contributed by atoms with van der Waals surface area (Å²) >= 11 is 3.22. The van der Waals surface area contributed by atoms with Gasteiger partial charge in [-0.25, -0.2) is 4.39 Å². The second kappa shape index (κ2) is 5.08. The number of aliphatic hydroxyl groups excluding tert-OH is 1. The van der Waals surface area contributed by atoms with E-state index in [-0.39, 0.29) is 18.8 Å². The lowest BCUT2D eigenvalue weighted by Crippen LogP contribution is -2.08. The van der Waals surface area contributed by atoms with E-state index >= 15 is 0 Å². The molecular weight excluding hydrogens is 249 g/mol. The minimum atomic E-state index is -0.543. The van der Waals surface area contributed by atoms with E-state index in [4.69, 9.17) is 10.4 Å². The first-order valence-corrected chi connectivity index (χ1v) is 4.91. The number of halogens is 2. The van der Waals surface area contributed by atoms with Gasteiger partial charge in [-0.3, -0.25) is 0 Å². The average molecular weight is 258 g/mol. The first-order valence-electron chi connectivity index (χ1n) is 4.11. The van der Waals surface area contributed by atoms with Gasteiger partial charge in [-0.2, -0.15) is 5.26 Å². The van der Waals surface area contributed by atoms with E-state index in [1.807, 2.05) is 6.07 Å². The van der Waals surface area contributed by atoms with E-state index in [1.165, 1.54) is 6.07 Å². The molecule has 0 aliphatic heterocycles. The summed E-state index contributed by atoms with van der Waals surface area (Å²) in [5.41, 5.74) is 0.444. The van der Waals surface area contributed by atoms with Crippen molar-refractivity contribution in [2.24, 2.45) is 5.92 Å². The highest BCUT2D eigenvalue weighted by atomic mass is 79.9. The molecule has 14 heavy (non-hydrogen) atoms. The van der Waals surface area contributed by atoms with Crippen LogP contribution in [0.5, 0.6) is 0 Å². The molecule has 0 aromatic heterocycles. The number of nitriles is 1. The highest BCUT2D eigenvalue weighted by Gasteiger charge is 2.10. The molecule has 1 aromatic rings. The summed E-state index contributed by atoms with van der Waals surface area (Å²) in [6.45, 7) is -0.248. The lowest BCUT2D eigenvalue weighted by atomic mass is 10.0. The van der Waals surface area contributed by atoms with Gasteiger partial charge in [0.2, 0.25) is 0 Å². The van der Waals surface area contributed by atoms with Crippen LogP contribution in [0.2, 0.25) is 0 Å². The molecule has 1 atom stereocenters. The Hall–Kier alpha value is -0.920. The molecule has 0 unspecified atom stereocenters. The van der Waals surface area contributed by atoms with Crippen molar-refractivity contribution in [3.63, 3.8) is 0 Å². The molecule has 74 valence electrons. The third kappa shape index (κ3) is 2.79. The quantitative estimate of drug-likeness (QED) is 0.903. The van der Waals surface area contributed by atoms with Gasteiger partial charge in [0.05, 0.1) is 18.6 Å². The van der Waals surface area contributed by atoms with Crippen LogP contribution in [0.3, 0.4) is 0 Å². The number of benzene rings is 1. The fourth-order valence-corrected chi connectivity index (χ4v) is 1.52. The molecule has 0 saturated heterocycles. The first-order chi connectivity index (χ1) is 6.67. The topological polar surface area (TPSA) is 44.0 Å². The molecule has 1 aromatic carbocycles. The van der Waals surface area contributed by atoms with Crippen molar-refractivity contribution in [1.29, 1.82) is 5.26 Å². The van der Waals surface area contributed by atoms with Crippen LogP contribution in [-0.2, 0) is 6.42 Å². The molecule has 0 amide bonds. The van der Waals surface area contributed by atoms with Gasteiger partial charge in [-0.15, -0.1) is 0 Å². The standard InChI is InChI=1S/C10H9BrFNO/c11-9-1-2-10(12)8(4-9)3-7(5-13)6-14/h1-2,4,7,14H,3,6H2/t7-/m0/s1. The van der Waals surface area contributed by atoms with Gasteiger partial charge >= 0.3 is 0 Å². The Morgan fingerprint density at radius 2 is 2.29 bits per heavy atom. The fourth-order valence-electron chi connectivity index (χ4n) is 1.12. The van der Waals surface area contributed by atoms with E-state index in [2.05, 4.69) is 15.9 Å². The molecule has 0 bridgehead atoms. The lowest BCUT2D eigenvalue weighted by molar-refractivity contribution is 0.255. The predicted molar refractivity (Wildman–Crippen MR) is 54.0 cm³/mol. The van der Waals surface area contributed by atoms with Crippen LogP contribution in [0.4, 0.5) is 4.39 Å². The van der Waals surface area contributed by atoms with Crippen molar-refractivity contribution in [1.82, 2.24) is 0 Å². The maximum Gasteiger partial charge on any atom is 0.126 e. The molecule has 0 heterocycles. The van der Waals surface area contributed by atoms with E-state index in [9.17, 15) is 4.39 Å². The number of hydrogen-bond acceptors (Lipinski definition) is 2. The van der Waals surface area contributed by atoms with Crippen molar-refractivity contribution in [2.75, 3.05) is 6.61 Å². The van der Waals surface area contributed by atoms with Crippen LogP contribution in [0.1, 0.15) is 5.56 Å². The molecule has 0 radical (unpaired) electrons. The minimum absolute atomic E-state index is 0.234. The smallest absolute Gasteiger partial charge is 0.126 e. The maximum absolute atomic E-state index is 13.2. The van der Waals surface area contributed by atoms with Crippen LogP contribution in [0.25, 0.3) is 0 Å². The Morgan fingerprint density at radius 1 is 1.57 bits per heavy atom. The van der Waals surface area contributed by atoms with E-state index in [0.29, 0.717) is 5.56 Å². The third-order valence-electron chi connectivity index (χ3n) is 1.88. The van der Waals surface area contributed by atoms with E-state index in [0.717, 1.165) is 4.47 Å². The number of aliphatic hydroxyl groups is 1. The van der Waals surface area contributed by atoms with Crippen LogP contribution in [0.15, 0.2) is 22.7 Å². The minimum Gasteiger partial charge on any atom is -0.395 e. The zero-order chi connectivity index (χ0) is 10.6. The van der Waals surface area contributed by atoms with Gasteiger partial charge in [0, 0.05) is 4.47 Å². The van der Waals surface area contributed by atoms with Crippen LogP contribution >= 0.6 is 15.9 Å². The monoisotopic (exact) mass is 257 g/mol. The second-order valence-electron chi connectivity index (χ2n) is 2.95. The molecule has 2 nitrogen and oxygen atoms in total. The molecule has 1 rings (SSSR count). The van der Waals surface area contributed by atoms with E-state index in [1.54, 1.807) is 12.1 Å². The second-order valence-corrected chi connectivity index (χ2v) is 3.86. The lowest BCUT2D eigenvalue weighted by Gasteiger charge is -2.06. The zero-order valence-electron chi connectivity index (χ0n) is 7.37. The Bertz CT molecular complexity index is 362. The maximum atomic E-state index is 13.2. The molecular formula is C10H9BrFNO. The van der Waals surface area contributed by atoms with Crippen LogP contribution < -0.4 is 0 Å². The number of nitrogens with zero attached hydrogens (tertiary/aromatic N) is 1. The van der Waals surface area contributed by atoms with Gasteiger partial charge < -0.3 is 5.11 Å². The van der Waals surface area contributed by atoms with Gasteiger partial charge in [0.15, 0.2) is 0 Å². The molecule has 4 heteroatoms. The summed E-state index contributed by atoms with van der Waals surface area (Å²) in [6, 6.07) is 6.47. The molecule has 0 aliphatic rings.